The number of para-hydroxylation sites is 1. The van der Waals surface area contributed by atoms with Crippen molar-refractivity contribution >= 4 is 28.0 Å². The van der Waals surface area contributed by atoms with Crippen LogP contribution in [0.25, 0.3) is 0 Å². The van der Waals surface area contributed by atoms with Crippen LogP contribution in [0.3, 0.4) is 0 Å². The quantitative estimate of drug-likeness (QED) is 0.674. The number of benzene rings is 2. The highest BCUT2D eigenvalue weighted by atomic mass is 32.2. The Balaban J connectivity index is 2.35. The molecule has 0 bridgehead atoms. The number of hydrogen-bond acceptors (Lipinski definition) is 5. The first-order valence-corrected chi connectivity index (χ1v) is 7.69. The molecule has 0 aliphatic rings. The standard InChI is InChI=1S/C15H13NO5S/c1-11(18)16-15-8-7-14(9-12(15)10-17)22(19,20)21-13-5-3-2-4-6-13/h2-10H,1H3,(H,16,18). The molecule has 0 atom stereocenters. The average Bonchev–Trinajstić information content (AvgIpc) is 2.47. The zero-order chi connectivity index (χ0) is 16.2. The highest BCUT2D eigenvalue weighted by molar-refractivity contribution is 7.87. The lowest BCUT2D eigenvalue weighted by Crippen LogP contribution is -2.12. The molecule has 7 heteroatoms. The summed E-state index contributed by atoms with van der Waals surface area (Å²) in [6.07, 6.45) is 0.465. The Morgan fingerprint density at radius 1 is 1.14 bits per heavy atom. The van der Waals surface area contributed by atoms with Crippen LogP contribution in [0.5, 0.6) is 5.75 Å². The lowest BCUT2D eigenvalue weighted by atomic mass is 10.2. The van der Waals surface area contributed by atoms with Crippen LogP contribution in [0.2, 0.25) is 0 Å². The smallest absolute Gasteiger partial charge is 0.339 e. The summed E-state index contributed by atoms with van der Waals surface area (Å²) in [4.78, 5) is 21.9. The summed E-state index contributed by atoms with van der Waals surface area (Å²) in [6, 6.07) is 11.8. The molecule has 114 valence electrons. The molecule has 0 radical (unpaired) electrons. The largest absolute Gasteiger partial charge is 0.379 e. The van der Waals surface area contributed by atoms with Crippen molar-refractivity contribution in [1.29, 1.82) is 0 Å². The van der Waals surface area contributed by atoms with E-state index in [4.69, 9.17) is 4.18 Å². The van der Waals surface area contributed by atoms with Crippen molar-refractivity contribution in [2.75, 3.05) is 5.32 Å². The predicted octanol–water partition coefficient (Wildman–Crippen LogP) is 2.23. The Morgan fingerprint density at radius 2 is 1.82 bits per heavy atom. The van der Waals surface area contributed by atoms with Gasteiger partial charge in [0.15, 0.2) is 6.29 Å². The van der Waals surface area contributed by atoms with Gasteiger partial charge in [-0.3, -0.25) is 9.59 Å². The van der Waals surface area contributed by atoms with Gasteiger partial charge in [0.2, 0.25) is 5.91 Å². The minimum atomic E-state index is -4.06. The van der Waals surface area contributed by atoms with Crippen LogP contribution in [0.15, 0.2) is 53.4 Å². The Hall–Kier alpha value is -2.67. The molecule has 22 heavy (non-hydrogen) atoms. The van der Waals surface area contributed by atoms with E-state index in [0.717, 1.165) is 6.07 Å². The summed E-state index contributed by atoms with van der Waals surface area (Å²) in [5.41, 5.74) is 0.286. The van der Waals surface area contributed by atoms with Gasteiger partial charge in [0, 0.05) is 12.5 Å². The lowest BCUT2D eigenvalue weighted by Gasteiger charge is -2.10. The molecule has 0 aliphatic heterocycles. The molecule has 2 rings (SSSR count). The second-order valence-electron chi connectivity index (χ2n) is 4.40. The number of carbonyl (C=O) groups is 2. The molecule has 0 unspecified atom stereocenters. The van der Waals surface area contributed by atoms with Crippen LogP contribution in [-0.4, -0.2) is 20.6 Å². The van der Waals surface area contributed by atoms with Crippen molar-refractivity contribution in [3.05, 3.63) is 54.1 Å². The number of anilines is 1. The van der Waals surface area contributed by atoms with Crippen LogP contribution in [0.4, 0.5) is 5.69 Å². The fourth-order valence-corrected chi connectivity index (χ4v) is 2.71. The molecule has 0 heterocycles. The molecule has 0 fully saturated rings. The number of carbonyl (C=O) groups excluding carboxylic acids is 2. The fourth-order valence-electron chi connectivity index (χ4n) is 1.75. The van der Waals surface area contributed by atoms with Gasteiger partial charge < -0.3 is 9.50 Å². The third kappa shape index (κ3) is 3.70. The van der Waals surface area contributed by atoms with Gasteiger partial charge in [0.1, 0.15) is 10.6 Å². The zero-order valence-corrected chi connectivity index (χ0v) is 12.5. The summed E-state index contributed by atoms with van der Waals surface area (Å²) in [6.45, 7) is 1.29. The topological polar surface area (TPSA) is 89.5 Å². The fraction of sp³-hybridized carbons (Fsp3) is 0.0667. The van der Waals surface area contributed by atoms with Crippen molar-refractivity contribution in [3.8, 4) is 5.75 Å². The first kappa shape index (κ1) is 15.7. The Labute approximate surface area is 127 Å². The molecule has 0 saturated heterocycles. The van der Waals surface area contributed by atoms with Gasteiger partial charge >= 0.3 is 10.1 Å². The zero-order valence-electron chi connectivity index (χ0n) is 11.6. The summed E-state index contributed by atoms with van der Waals surface area (Å²) >= 11 is 0. The Morgan fingerprint density at radius 3 is 2.41 bits per heavy atom. The van der Waals surface area contributed by atoms with Crippen molar-refractivity contribution in [2.24, 2.45) is 0 Å². The van der Waals surface area contributed by atoms with Gasteiger partial charge in [-0.2, -0.15) is 8.42 Å². The molecule has 2 aromatic rings. The van der Waals surface area contributed by atoms with Crippen LogP contribution in [-0.2, 0) is 14.9 Å². The minimum Gasteiger partial charge on any atom is -0.379 e. The molecule has 0 spiro atoms. The summed E-state index contributed by atoms with van der Waals surface area (Å²) < 4.78 is 29.3. The van der Waals surface area contributed by atoms with Gasteiger partial charge in [0.05, 0.1) is 5.69 Å². The van der Waals surface area contributed by atoms with E-state index >= 15 is 0 Å². The summed E-state index contributed by atoms with van der Waals surface area (Å²) in [5, 5.41) is 2.45. The summed E-state index contributed by atoms with van der Waals surface area (Å²) in [7, 11) is -4.06. The monoisotopic (exact) mass is 319 g/mol. The third-order valence-corrected chi connectivity index (χ3v) is 3.94. The number of rotatable bonds is 5. The lowest BCUT2D eigenvalue weighted by molar-refractivity contribution is -0.114. The number of nitrogens with one attached hydrogen (secondary N) is 1. The molecule has 0 aromatic heterocycles. The highest BCUT2D eigenvalue weighted by Gasteiger charge is 2.18. The van der Waals surface area contributed by atoms with Gasteiger partial charge in [0.25, 0.3) is 0 Å². The van der Waals surface area contributed by atoms with Crippen LogP contribution >= 0.6 is 0 Å². The maximum atomic E-state index is 12.2. The Bertz CT molecular complexity index is 800. The maximum absolute atomic E-state index is 12.2. The van der Waals surface area contributed by atoms with Crippen molar-refractivity contribution in [1.82, 2.24) is 0 Å². The second-order valence-corrected chi connectivity index (χ2v) is 5.94. The predicted molar refractivity (Wildman–Crippen MR) is 80.4 cm³/mol. The van der Waals surface area contributed by atoms with Crippen molar-refractivity contribution < 1.29 is 22.2 Å². The van der Waals surface area contributed by atoms with E-state index in [1.54, 1.807) is 18.2 Å². The highest BCUT2D eigenvalue weighted by Crippen LogP contribution is 2.22. The van der Waals surface area contributed by atoms with E-state index < -0.39 is 10.1 Å². The van der Waals surface area contributed by atoms with Crippen molar-refractivity contribution in [2.45, 2.75) is 11.8 Å². The van der Waals surface area contributed by atoms with Crippen LogP contribution in [0, 0.1) is 0 Å². The molecule has 0 aliphatic carbocycles. The van der Waals surface area contributed by atoms with Gasteiger partial charge in [-0.15, -0.1) is 0 Å². The SMILES string of the molecule is CC(=O)Nc1ccc(S(=O)(=O)Oc2ccccc2)cc1C=O. The van der Waals surface area contributed by atoms with Gasteiger partial charge in [-0.25, -0.2) is 0 Å². The molecular formula is C15H13NO5S. The molecule has 0 saturated carbocycles. The van der Waals surface area contributed by atoms with Crippen LogP contribution < -0.4 is 9.50 Å². The van der Waals surface area contributed by atoms with E-state index in [1.807, 2.05) is 0 Å². The van der Waals surface area contributed by atoms with E-state index in [0.29, 0.717) is 6.29 Å². The minimum absolute atomic E-state index is 0.0490. The van der Waals surface area contributed by atoms with Gasteiger partial charge in [-0.05, 0) is 30.3 Å². The third-order valence-electron chi connectivity index (χ3n) is 2.70. The van der Waals surface area contributed by atoms with E-state index in [9.17, 15) is 18.0 Å². The maximum Gasteiger partial charge on any atom is 0.339 e. The summed E-state index contributed by atoms with van der Waals surface area (Å²) in [5.74, 6) is -0.194. The normalized spacial score (nSPS) is 10.8. The van der Waals surface area contributed by atoms with E-state index in [-0.39, 0.29) is 27.8 Å². The second kappa shape index (κ2) is 6.40. The van der Waals surface area contributed by atoms with E-state index in [1.165, 1.54) is 31.2 Å². The molecule has 2 aromatic carbocycles. The van der Waals surface area contributed by atoms with E-state index in [2.05, 4.69) is 5.32 Å². The number of hydrogen-bond donors (Lipinski definition) is 1. The number of aldehydes is 1. The first-order valence-electron chi connectivity index (χ1n) is 6.29. The van der Waals surface area contributed by atoms with Gasteiger partial charge in [-0.1, -0.05) is 18.2 Å². The number of amides is 1. The van der Waals surface area contributed by atoms with Crippen molar-refractivity contribution in [3.63, 3.8) is 0 Å². The molecular weight excluding hydrogens is 306 g/mol. The molecule has 1 amide bonds. The average molecular weight is 319 g/mol. The first-order chi connectivity index (χ1) is 10.4. The van der Waals surface area contributed by atoms with Crippen LogP contribution in [0.1, 0.15) is 17.3 Å². The Kier molecular flexibility index (Phi) is 4.57. The molecule has 1 N–H and O–H groups in total. The molecule has 6 nitrogen and oxygen atoms in total.